The molecule has 92 valence electrons. The lowest BCUT2D eigenvalue weighted by Gasteiger charge is -2.00. The second-order valence-electron chi connectivity index (χ2n) is 3.70. The Morgan fingerprint density at radius 1 is 1.44 bits per heavy atom. The Hall–Kier alpha value is -2.43. The van der Waals surface area contributed by atoms with Crippen molar-refractivity contribution in [3.8, 4) is 0 Å². The van der Waals surface area contributed by atoms with Crippen LogP contribution in [0, 0.1) is 0 Å². The summed E-state index contributed by atoms with van der Waals surface area (Å²) < 4.78 is 4.59. The number of hydrogen-bond acceptors (Lipinski definition) is 5. The van der Waals surface area contributed by atoms with Crippen molar-refractivity contribution >= 4 is 17.8 Å². The highest BCUT2D eigenvalue weighted by molar-refractivity contribution is 6.21. The average molecular weight is 244 g/mol. The number of carbonyl (C=O) groups excluding carboxylic acids is 1. The molecule has 0 radical (unpaired) electrons. The highest BCUT2D eigenvalue weighted by Crippen LogP contribution is 2.25. The van der Waals surface area contributed by atoms with Crippen LogP contribution in [0.3, 0.4) is 0 Å². The summed E-state index contributed by atoms with van der Waals surface area (Å²) in [5.41, 5.74) is 1.49. The summed E-state index contributed by atoms with van der Waals surface area (Å²) in [5, 5.41) is 9.95. The maximum Gasteiger partial charge on any atom is 0.343 e. The van der Waals surface area contributed by atoms with Crippen molar-refractivity contribution in [2.24, 2.45) is 4.99 Å². The van der Waals surface area contributed by atoms with Crippen LogP contribution in [0.15, 0.2) is 46.4 Å². The molecule has 5 nitrogen and oxygen atoms in total. The molecule has 1 aliphatic heterocycles. The molecule has 18 heavy (non-hydrogen) atoms. The third-order valence-electron chi connectivity index (χ3n) is 2.49. The van der Waals surface area contributed by atoms with Gasteiger partial charge in [-0.3, -0.25) is 4.98 Å². The largest absolute Gasteiger partial charge is 0.505 e. The highest BCUT2D eigenvalue weighted by Gasteiger charge is 2.27. The van der Waals surface area contributed by atoms with Gasteiger partial charge in [0.05, 0.1) is 18.5 Å². The van der Waals surface area contributed by atoms with E-state index >= 15 is 0 Å². The van der Waals surface area contributed by atoms with Crippen molar-refractivity contribution in [2.75, 3.05) is 7.11 Å². The number of ether oxygens (including phenoxy) is 1. The van der Waals surface area contributed by atoms with Crippen LogP contribution in [0.25, 0.3) is 6.08 Å². The van der Waals surface area contributed by atoms with E-state index in [0.717, 1.165) is 0 Å². The minimum atomic E-state index is -0.599. The fourth-order valence-electron chi connectivity index (χ4n) is 1.64. The third kappa shape index (κ3) is 2.15. The van der Waals surface area contributed by atoms with Gasteiger partial charge in [-0.25, -0.2) is 9.79 Å². The molecule has 1 aromatic heterocycles. The number of aromatic nitrogens is 1. The predicted octanol–water partition coefficient (Wildman–Crippen LogP) is 1.88. The minimum absolute atomic E-state index is 0.0969. The second kappa shape index (κ2) is 4.83. The summed E-state index contributed by atoms with van der Waals surface area (Å²) in [6.07, 6.45) is 3.24. The number of aliphatic imine (C=N–C) groups is 1. The van der Waals surface area contributed by atoms with E-state index in [4.69, 9.17) is 0 Å². The molecule has 0 saturated carbocycles. The lowest BCUT2D eigenvalue weighted by atomic mass is 10.1. The molecule has 0 aliphatic carbocycles. The molecule has 0 bridgehead atoms. The number of nitrogens with zero attached hydrogens (tertiary/aromatic N) is 2. The minimum Gasteiger partial charge on any atom is -0.505 e. The van der Waals surface area contributed by atoms with Gasteiger partial charge in [0.15, 0.2) is 5.76 Å². The van der Waals surface area contributed by atoms with E-state index < -0.39 is 5.97 Å². The maximum atomic E-state index is 11.5. The summed E-state index contributed by atoms with van der Waals surface area (Å²) in [6.45, 7) is 1.64. The molecule has 1 aliphatic rings. The molecule has 0 unspecified atom stereocenters. The summed E-state index contributed by atoms with van der Waals surface area (Å²) in [6, 6.07) is 5.40. The van der Waals surface area contributed by atoms with Crippen LogP contribution >= 0.6 is 0 Å². The normalized spacial score (nSPS) is 17.0. The molecule has 0 fully saturated rings. The van der Waals surface area contributed by atoms with E-state index in [1.165, 1.54) is 7.11 Å². The van der Waals surface area contributed by atoms with Crippen molar-refractivity contribution in [1.29, 1.82) is 0 Å². The van der Waals surface area contributed by atoms with Gasteiger partial charge in [-0.1, -0.05) is 6.07 Å². The van der Waals surface area contributed by atoms with Crippen molar-refractivity contribution in [3.63, 3.8) is 0 Å². The zero-order chi connectivity index (χ0) is 13.1. The molecule has 0 atom stereocenters. The molecule has 5 heteroatoms. The molecule has 1 N–H and O–H groups in total. The van der Waals surface area contributed by atoms with Gasteiger partial charge in [-0.05, 0) is 25.1 Å². The SMILES string of the molecule is COC(=O)C1=C(O)C(=Cc2ccccn2)N=C1C. The number of aliphatic hydroxyl groups excluding tert-OH is 1. The van der Waals surface area contributed by atoms with Gasteiger partial charge in [-0.15, -0.1) is 0 Å². The van der Waals surface area contributed by atoms with Gasteiger partial charge in [-0.2, -0.15) is 0 Å². The predicted molar refractivity (Wildman–Crippen MR) is 67.0 cm³/mol. The fraction of sp³-hybridized carbons (Fsp3) is 0.154. The molecule has 2 heterocycles. The van der Waals surface area contributed by atoms with Crippen LogP contribution in [0.4, 0.5) is 0 Å². The van der Waals surface area contributed by atoms with Crippen LogP contribution in [0.5, 0.6) is 0 Å². The fourth-order valence-corrected chi connectivity index (χ4v) is 1.64. The zero-order valence-corrected chi connectivity index (χ0v) is 10.0. The van der Waals surface area contributed by atoms with E-state index in [1.807, 2.05) is 6.07 Å². The van der Waals surface area contributed by atoms with E-state index in [2.05, 4.69) is 14.7 Å². The number of aliphatic hydroxyl groups is 1. The Kier molecular flexibility index (Phi) is 3.23. The second-order valence-corrected chi connectivity index (χ2v) is 3.70. The first-order chi connectivity index (χ1) is 8.63. The Bertz CT molecular complexity index is 571. The maximum absolute atomic E-state index is 11.5. The van der Waals surface area contributed by atoms with Crippen molar-refractivity contribution in [2.45, 2.75) is 6.92 Å². The van der Waals surface area contributed by atoms with Crippen molar-refractivity contribution < 1.29 is 14.6 Å². The topological polar surface area (TPSA) is 71.8 Å². The zero-order valence-electron chi connectivity index (χ0n) is 10.0. The Morgan fingerprint density at radius 2 is 2.22 bits per heavy atom. The molecule has 0 aromatic carbocycles. The lowest BCUT2D eigenvalue weighted by Crippen LogP contribution is -2.11. The van der Waals surface area contributed by atoms with Crippen LogP contribution < -0.4 is 0 Å². The number of carbonyl (C=O) groups is 1. The molecule has 0 spiro atoms. The molecule has 0 saturated heterocycles. The first kappa shape index (κ1) is 12.0. The van der Waals surface area contributed by atoms with E-state index in [1.54, 1.807) is 31.3 Å². The average Bonchev–Trinajstić information content (AvgIpc) is 2.65. The van der Waals surface area contributed by atoms with Crippen LogP contribution in [0.2, 0.25) is 0 Å². The van der Waals surface area contributed by atoms with Crippen LogP contribution in [-0.4, -0.2) is 28.9 Å². The molecule has 2 rings (SSSR count). The summed E-state index contributed by atoms with van der Waals surface area (Å²) in [7, 11) is 1.26. The first-order valence-electron chi connectivity index (χ1n) is 5.34. The number of rotatable bonds is 2. The van der Waals surface area contributed by atoms with Crippen LogP contribution in [-0.2, 0) is 9.53 Å². The Balaban J connectivity index is 2.42. The van der Waals surface area contributed by atoms with Crippen molar-refractivity contribution in [1.82, 2.24) is 4.98 Å². The monoisotopic (exact) mass is 244 g/mol. The quantitative estimate of drug-likeness (QED) is 0.806. The third-order valence-corrected chi connectivity index (χ3v) is 2.49. The first-order valence-corrected chi connectivity index (χ1v) is 5.34. The number of methoxy groups -OCH3 is 1. The van der Waals surface area contributed by atoms with E-state index in [9.17, 15) is 9.90 Å². The smallest absolute Gasteiger partial charge is 0.343 e. The Labute approximate surface area is 104 Å². The van der Waals surface area contributed by atoms with E-state index in [-0.39, 0.29) is 11.3 Å². The molecular formula is C13H12N2O3. The summed E-state index contributed by atoms with van der Waals surface area (Å²) >= 11 is 0. The van der Waals surface area contributed by atoms with Gasteiger partial charge in [0.1, 0.15) is 11.3 Å². The Morgan fingerprint density at radius 3 is 2.83 bits per heavy atom. The van der Waals surface area contributed by atoms with Gasteiger partial charge in [0, 0.05) is 6.20 Å². The number of hydrogen-bond donors (Lipinski definition) is 1. The molecular weight excluding hydrogens is 232 g/mol. The number of pyridine rings is 1. The summed E-state index contributed by atoms with van der Waals surface area (Å²) in [5.74, 6) is -0.775. The van der Waals surface area contributed by atoms with Crippen molar-refractivity contribution in [3.05, 3.63) is 47.1 Å². The molecule has 1 aromatic rings. The standard InChI is InChI=1S/C13H12N2O3/c1-8-11(13(17)18-2)12(16)10(15-8)7-9-5-3-4-6-14-9/h3-7,16H,1-2H3. The van der Waals surface area contributed by atoms with Gasteiger partial charge in [0.2, 0.25) is 0 Å². The van der Waals surface area contributed by atoms with Gasteiger partial charge < -0.3 is 9.84 Å². The van der Waals surface area contributed by atoms with Gasteiger partial charge >= 0.3 is 5.97 Å². The summed E-state index contributed by atoms with van der Waals surface area (Å²) in [4.78, 5) is 19.7. The van der Waals surface area contributed by atoms with Crippen LogP contribution in [0.1, 0.15) is 12.6 Å². The highest BCUT2D eigenvalue weighted by atomic mass is 16.5. The lowest BCUT2D eigenvalue weighted by molar-refractivity contribution is -0.135. The number of esters is 1. The van der Waals surface area contributed by atoms with E-state index in [0.29, 0.717) is 17.1 Å². The molecule has 0 amide bonds. The van der Waals surface area contributed by atoms with Gasteiger partial charge in [0.25, 0.3) is 0 Å².